The van der Waals surface area contributed by atoms with Crippen LogP contribution in [0.3, 0.4) is 0 Å². The number of rotatable bonds is 6. The van der Waals surface area contributed by atoms with Gasteiger partial charge in [-0.15, -0.1) is 0 Å². The van der Waals surface area contributed by atoms with Crippen LogP contribution in [0, 0.1) is 13.8 Å². The monoisotopic (exact) mass is 309 g/mol. The lowest BCUT2D eigenvalue weighted by Crippen LogP contribution is -2.20. The molecule has 1 heterocycles. The van der Waals surface area contributed by atoms with Gasteiger partial charge in [0, 0.05) is 18.3 Å². The molecule has 4 nitrogen and oxygen atoms in total. The van der Waals surface area contributed by atoms with Crippen molar-refractivity contribution < 1.29 is 4.79 Å². The molecule has 23 heavy (non-hydrogen) atoms. The lowest BCUT2D eigenvalue weighted by molar-refractivity contribution is -0.116. The smallest absolute Gasteiger partial charge is 0.244 e. The lowest BCUT2D eigenvalue weighted by atomic mass is 10.1. The molecule has 1 N–H and O–H groups in total. The van der Waals surface area contributed by atoms with Gasteiger partial charge in [-0.05, 0) is 38.0 Å². The maximum Gasteiger partial charge on any atom is 0.244 e. The summed E-state index contributed by atoms with van der Waals surface area (Å²) in [6.45, 7) is 7.22. The Balaban J connectivity index is 1.97. The van der Waals surface area contributed by atoms with E-state index in [0.717, 1.165) is 23.5 Å². The molecule has 0 spiro atoms. The number of aromatic nitrogens is 2. The molecular weight excluding hydrogens is 286 g/mol. The van der Waals surface area contributed by atoms with Crippen molar-refractivity contribution in [2.45, 2.75) is 33.9 Å². The largest absolute Gasteiger partial charge is 0.348 e. The number of aryl methyl sites for hydroxylation is 2. The summed E-state index contributed by atoms with van der Waals surface area (Å²) >= 11 is 0. The lowest BCUT2D eigenvalue weighted by Gasteiger charge is -2.08. The third-order valence-electron chi connectivity index (χ3n) is 3.44. The maximum atomic E-state index is 11.7. The van der Waals surface area contributed by atoms with E-state index in [1.165, 1.54) is 11.6 Å². The molecular formula is C19H23N3O. The molecule has 2 aromatic rings. The number of carbonyl (C=O) groups is 1. The second-order valence-electron chi connectivity index (χ2n) is 5.51. The fourth-order valence-electron chi connectivity index (χ4n) is 2.35. The predicted octanol–water partition coefficient (Wildman–Crippen LogP) is 3.30. The first kappa shape index (κ1) is 16.7. The Bertz CT molecular complexity index is 726. The van der Waals surface area contributed by atoms with E-state index in [4.69, 9.17) is 0 Å². The van der Waals surface area contributed by atoms with E-state index in [2.05, 4.69) is 35.5 Å². The number of carbonyl (C=O) groups excluding carboxylic acids is 1. The molecule has 0 aliphatic rings. The standard InChI is InChI=1S/C19H23N3O/c1-4-5-6-10-19(23)20-13-17-8-7-9-18(12-17)14-22-16(3)11-15(2)21-22/h4-12H,13-14H2,1-3H3,(H,20,23)/b5-4+,10-6-. The highest BCUT2D eigenvalue weighted by molar-refractivity contribution is 5.87. The molecule has 0 radical (unpaired) electrons. The number of hydrogen-bond acceptors (Lipinski definition) is 2. The van der Waals surface area contributed by atoms with Crippen LogP contribution in [0.1, 0.15) is 29.4 Å². The highest BCUT2D eigenvalue weighted by atomic mass is 16.1. The predicted molar refractivity (Wildman–Crippen MR) is 93.0 cm³/mol. The summed E-state index contributed by atoms with van der Waals surface area (Å²) in [5.41, 5.74) is 4.43. The zero-order valence-corrected chi connectivity index (χ0v) is 13.9. The Labute approximate surface area is 137 Å². The van der Waals surface area contributed by atoms with E-state index in [-0.39, 0.29) is 5.91 Å². The van der Waals surface area contributed by atoms with Gasteiger partial charge in [-0.2, -0.15) is 5.10 Å². The van der Waals surface area contributed by atoms with Crippen LogP contribution in [0.25, 0.3) is 0 Å². The van der Waals surface area contributed by atoms with Crippen LogP contribution in [0.15, 0.2) is 54.6 Å². The fraction of sp³-hybridized carbons (Fsp3) is 0.263. The summed E-state index contributed by atoms with van der Waals surface area (Å²) < 4.78 is 1.99. The number of hydrogen-bond donors (Lipinski definition) is 1. The normalized spacial score (nSPS) is 11.4. The Morgan fingerprint density at radius 1 is 1.22 bits per heavy atom. The number of benzene rings is 1. The SMILES string of the molecule is C/C=C/C=C\C(=O)NCc1cccc(Cn2nc(C)cc2C)c1. The summed E-state index contributed by atoms with van der Waals surface area (Å²) in [5.74, 6) is -0.0907. The third-order valence-corrected chi connectivity index (χ3v) is 3.44. The van der Waals surface area contributed by atoms with Gasteiger partial charge in [0.25, 0.3) is 0 Å². The molecule has 0 saturated heterocycles. The van der Waals surface area contributed by atoms with E-state index in [0.29, 0.717) is 6.54 Å². The van der Waals surface area contributed by atoms with Gasteiger partial charge in [0.1, 0.15) is 0 Å². The average Bonchev–Trinajstić information content (AvgIpc) is 2.83. The minimum Gasteiger partial charge on any atom is -0.348 e. The fourth-order valence-corrected chi connectivity index (χ4v) is 2.35. The van der Waals surface area contributed by atoms with Crippen LogP contribution >= 0.6 is 0 Å². The summed E-state index contributed by atoms with van der Waals surface area (Å²) in [6, 6.07) is 10.3. The minimum absolute atomic E-state index is 0.0907. The molecule has 120 valence electrons. The Kier molecular flexibility index (Phi) is 5.92. The van der Waals surface area contributed by atoms with Gasteiger partial charge in [-0.1, -0.05) is 42.5 Å². The summed E-state index contributed by atoms with van der Waals surface area (Å²) in [7, 11) is 0. The zero-order chi connectivity index (χ0) is 16.7. The van der Waals surface area contributed by atoms with Gasteiger partial charge in [-0.25, -0.2) is 0 Å². The molecule has 4 heteroatoms. The van der Waals surface area contributed by atoms with Crippen LogP contribution in [0.5, 0.6) is 0 Å². The number of allylic oxidation sites excluding steroid dienone is 3. The van der Waals surface area contributed by atoms with Crippen molar-refractivity contribution in [2.75, 3.05) is 0 Å². The van der Waals surface area contributed by atoms with Crippen molar-refractivity contribution in [3.05, 3.63) is 77.2 Å². The Morgan fingerprint density at radius 2 is 2.00 bits per heavy atom. The topological polar surface area (TPSA) is 46.9 Å². The van der Waals surface area contributed by atoms with Gasteiger partial charge >= 0.3 is 0 Å². The van der Waals surface area contributed by atoms with Crippen molar-refractivity contribution in [2.24, 2.45) is 0 Å². The first-order valence-corrected chi connectivity index (χ1v) is 7.74. The zero-order valence-electron chi connectivity index (χ0n) is 13.9. The molecule has 0 aliphatic heterocycles. The molecule has 0 saturated carbocycles. The van der Waals surface area contributed by atoms with E-state index >= 15 is 0 Å². The van der Waals surface area contributed by atoms with Crippen molar-refractivity contribution >= 4 is 5.91 Å². The summed E-state index contributed by atoms with van der Waals surface area (Å²) in [6.07, 6.45) is 6.97. The van der Waals surface area contributed by atoms with Gasteiger partial charge in [0.05, 0.1) is 12.2 Å². The van der Waals surface area contributed by atoms with Gasteiger partial charge in [-0.3, -0.25) is 9.48 Å². The average molecular weight is 309 g/mol. The van der Waals surface area contributed by atoms with Crippen LogP contribution in [0.2, 0.25) is 0 Å². The molecule has 0 aliphatic carbocycles. The summed E-state index contributed by atoms with van der Waals surface area (Å²) in [5, 5.41) is 7.36. The molecule has 1 aromatic heterocycles. The van der Waals surface area contributed by atoms with Crippen molar-refractivity contribution in [1.29, 1.82) is 0 Å². The minimum atomic E-state index is -0.0907. The molecule has 0 bridgehead atoms. The molecule has 2 rings (SSSR count). The highest BCUT2D eigenvalue weighted by Crippen LogP contribution is 2.10. The van der Waals surface area contributed by atoms with Gasteiger partial charge in [0.15, 0.2) is 0 Å². The van der Waals surface area contributed by atoms with Crippen LogP contribution < -0.4 is 5.32 Å². The van der Waals surface area contributed by atoms with E-state index in [1.54, 1.807) is 6.08 Å². The molecule has 0 fully saturated rings. The van der Waals surface area contributed by atoms with Crippen molar-refractivity contribution in [3.8, 4) is 0 Å². The van der Waals surface area contributed by atoms with Crippen LogP contribution in [0.4, 0.5) is 0 Å². The summed E-state index contributed by atoms with van der Waals surface area (Å²) in [4.78, 5) is 11.7. The number of nitrogens with zero attached hydrogens (tertiary/aromatic N) is 2. The van der Waals surface area contributed by atoms with Crippen LogP contribution in [-0.4, -0.2) is 15.7 Å². The first-order valence-electron chi connectivity index (χ1n) is 7.74. The molecule has 1 amide bonds. The maximum absolute atomic E-state index is 11.7. The third kappa shape index (κ3) is 5.25. The van der Waals surface area contributed by atoms with Crippen molar-refractivity contribution in [1.82, 2.24) is 15.1 Å². The van der Waals surface area contributed by atoms with E-state index in [9.17, 15) is 4.79 Å². The van der Waals surface area contributed by atoms with Crippen molar-refractivity contribution in [3.63, 3.8) is 0 Å². The molecule has 0 atom stereocenters. The Morgan fingerprint density at radius 3 is 2.70 bits per heavy atom. The second-order valence-corrected chi connectivity index (χ2v) is 5.51. The highest BCUT2D eigenvalue weighted by Gasteiger charge is 2.03. The quantitative estimate of drug-likeness (QED) is 0.657. The number of nitrogens with one attached hydrogen (secondary N) is 1. The van der Waals surface area contributed by atoms with Gasteiger partial charge < -0.3 is 5.32 Å². The second kappa shape index (κ2) is 8.13. The van der Waals surface area contributed by atoms with E-state index < -0.39 is 0 Å². The van der Waals surface area contributed by atoms with Crippen LogP contribution in [-0.2, 0) is 17.9 Å². The van der Waals surface area contributed by atoms with E-state index in [1.807, 2.05) is 42.8 Å². The molecule has 0 unspecified atom stereocenters. The first-order chi connectivity index (χ1) is 11.1. The molecule has 1 aromatic carbocycles. The Hall–Kier alpha value is -2.62. The van der Waals surface area contributed by atoms with Gasteiger partial charge in [0.2, 0.25) is 5.91 Å². The number of amides is 1.